The number of thiophene rings is 1. The van der Waals surface area contributed by atoms with Gasteiger partial charge in [-0.1, -0.05) is 11.8 Å². The first-order valence-electron chi connectivity index (χ1n) is 6.13. The van der Waals surface area contributed by atoms with Gasteiger partial charge in [0.25, 0.3) is 5.91 Å². The lowest BCUT2D eigenvalue weighted by molar-refractivity contribution is 0.0670. The molecule has 0 bridgehead atoms. The van der Waals surface area contributed by atoms with Gasteiger partial charge in [-0.15, -0.1) is 11.3 Å². The molecule has 19 heavy (non-hydrogen) atoms. The van der Waals surface area contributed by atoms with Crippen LogP contribution in [0.15, 0.2) is 6.07 Å². The Labute approximate surface area is 117 Å². The number of amides is 1. The smallest absolute Gasteiger partial charge is 0.264 e. The largest absolute Gasteiger partial charge is 0.395 e. The van der Waals surface area contributed by atoms with Gasteiger partial charge >= 0.3 is 0 Å². The molecular formula is C14H19NO3S. The maximum Gasteiger partial charge on any atom is 0.264 e. The highest BCUT2D eigenvalue weighted by Crippen LogP contribution is 2.23. The first kappa shape index (κ1) is 15.7. The molecule has 0 aliphatic heterocycles. The molecule has 0 aliphatic rings. The molecule has 1 amide bonds. The van der Waals surface area contributed by atoms with Crippen LogP contribution in [0, 0.1) is 18.8 Å². The van der Waals surface area contributed by atoms with Crippen molar-refractivity contribution in [2.24, 2.45) is 0 Å². The Balaban J connectivity index is 2.99. The zero-order valence-corrected chi connectivity index (χ0v) is 12.3. The Morgan fingerprint density at radius 2 is 2.16 bits per heavy atom. The molecule has 0 aliphatic carbocycles. The number of nitrogens with zero attached hydrogens (tertiary/aromatic N) is 1. The van der Waals surface area contributed by atoms with Crippen molar-refractivity contribution in [1.29, 1.82) is 0 Å². The van der Waals surface area contributed by atoms with Gasteiger partial charge in [0, 0.05) is 12.6 Å². The van der Waals surface area contributed by atoms with Crippen LogP contribution in [-0.4, -0.2) is 46.8 Å². The van der Waals surface area contributed by atoms with Crippen LogP contribution in [0.1, 0.15) is 34.0 Å². The molecule has 0 fully saturated rings. The van der Waals surface area contributed by atoms with E-state index in [1.165, 1.54) is 11.3 Å². The summed E-state index contributed by atoms with van der Waals surface area (Å²) in [5.41, 5.74) is 0.932. The van der Waals surface area contributed by atoms with Gasteiger partial charge in [-0.05, 0) is 32.4 Å². The fraction of sp³-hybridized carbons (Fsp3) is 0.500. The second-order valence-electron chi connectivity index (χ2n) is 4.40. The molecule has 0 aromatic carbocycles. The molecule has 0 saturated carbocycles. The van der Waals surface area contributed by atoms with Gasteiger partial charge in [0.05, 0.1) is 16.4 Å². The zero-order chi connectivity index (χ0) is 14.4. The topological polar surface area (TPSA) is 60.8 Å². The predicted molar refractivity (Wildman–Crippen MR) is 76.3 cm³/mol. The molecule has 1 rings (SSSR count). The maximum atomic E-state index is 12.3. The lowest BCUT2D eigenvalue weighted by atomic mass is 10.2. The summed E-state index contributed by atoms with van der Waals surface area (Å²) in [7, 11) is 0. The summed E-state index contributed by atoms with van der Waals surface area (Å²) in [6.45, 7) is 5.81. The van der Waals surface area contributed by atoms with E-state index in [9.17, 15) is 4.79 Å². The van der Waals surface area contributed by atoms with Crippen LogP contribution < -0.4 is 0 Å². The van der Waals surface area contributed by atoms with Crippen LogP contribution in [-0.2, 0) is 0 Å². The molecule has 0 radical (unpaired) electrons. The van der Waals surface area contributed by atoms with Crippen LogP contribution in [0.2, 0.25) is 0 Å². The van der Waals surface area contributed by atoms with E-state index in [1.807, 2.05) is 20.8 Å². The van der Waals surface area contributed by atoms with E-state index in [0.29, 0.717) is 11.4 Å². The van der Waals surface area contributed by atoms with Gasteiger partial charge < -0.3 is 15.1 Å². The van der Waals surface area contributed by atoms with Crippen molar-refractivity contribution >= 4 is 17.2 Å². The van der Waals surface area contributed by atoms with Gasteiger partial charge in [-0.2, -0.15) is 0 Å². The van der Waals surface area contributed by atoms with Gasteiger partial charge in [0.15, 0.2) is 0 Å². The molecule has 5 heteroatoms. The van der Waals surface area contributed by atoms with Crippen LogP contribution >= 0.6 is 11.3 Å². The van der Waals surface area contributed by atoms with Crippen LogP contribution in [0.3, 0.4) is 0 Å². The highest BCUT2D eigenvalue weighted by Gasteiger charge is 2.20. The maximum absolute atomic E-state index is 12.3. The van der Waals surface area contributed by atoms with Crippen molar-refractivity contribution in [3.63, 3.8) is 0 Å². The number of hydrogen-bond donors (Lipinski definition) is 2. The molecule has 0 unspecified atom stereocenters. The van der Waals surface area contributed by atoms with E-state index in [2.05, 4.69) is 11.8 Å². The highest BCUT2D eigenvalue weighted by molar-refractivity contribution is 7.14. The highest BCUT2D eigenvalue weighted by atomic mass is 32.1. The van der Waals surface area contributed by atoms with E-state index >= 15 is 0 Å². The summed E-state index contributed by atoms with van der Waals surface area (Å²) in [5, 5.41) is 17.7. The monoisotopic (exact) mass is 281 g/mol. The van der Waals surface area contributed by atoms with Crippen molar-refractivity contribution in [3.8, 4) is 11.8 Å². The van der Waals surface area contributed by atoms with Crippen molar-refractivity contribution in [2.75, 3.05) is 19.8 Å². The summed E-state index contributed by atoms with van der Waals surface area (Å²) < 4.78 is 0. The third-order valence-corrected chi connectivity index (χ3v) is 3.78. The second-order valence-corrected chi connectivity index (χ2v) is 5.45. The molecular weight excluding hydrogens is 262 g/mol. The molecule has 2 N–H and O–H groups in total. The van der Waals surface area contributed by atoms with E-state index in [1.54, 1.807) is 11.0 Å². The Hall–Kier alpha value is -1.35. The fourth-order valence-corrected chi connectivity index (χ4v) is 2.68. The lowest BCUT2D eigenvalue weighted by Crippen LogP contribution is -2.38. The summed E-state index contributed by atoms with van der Waals surface area (Å²) in [6, 6.07) is 1.84. The third-order valence-electron chi connectivity index (χ3n) is 2.63. The van der Waals surface area contributed by atoms with Gasteiger partial charge in [-0.3, -0.25) is 4.79 Å². The molecule has 1 heterocycles. The number of carbonyl (C=O) groups is 1. The van der Waals surface area contributed by atoms with Crippen molar-refractivity contribution in [1.82, 2.24) is 4.90 Å². The van der Waals surface area contributed by atoms with E-state index in [-0.39, 0.29) is 25.2 Å². The number of aryl methyl sites for hydroxylation is 1. The van der Waals surface area contributed by atoms with Crippen LogP contribution in [0.25, 0.3) is 0 Å². The Bertz CT molecular complexity index is 497. The van der Waals surface area contributed by atoms with Crippen molar-refractivity contribution in [2.45, 2.75) is 26.8 Å². The van der Waals surface area contributed by atoms with Crippen molar-refractivity contribution in [3.05, 3.63) is 21.4 Å². The number of aliphatic hydroxyl groups is 2. The third kappa shape index (κ3) is 4.06. The lowest BCUT2D eigenvalue weighted by Gasteiger charge is -2.25. The Kier molecular flexibility index (Phi) is 6.03. The second kappa shape index (κ2) is 7.29. The number of hydrogen-bond acceptors (Lipinski definition) is 4. The molecule has 0 saturated heterocycles. The quantitative estimate of drug-likeness (QED) is 0.816. The normalized spacial score (nSPS) is 10.2. The summed E-state index contributed by atoms with van der Waals surface area (Å²) in [4.78, 5) is 15.4. The molecule has 1 aromatic heterocycles. The Morgan fingerprint density at radius 1 is 1.47 bits per heavy atom. The first-order chi connectivity index (χ1) is 9.01. The minimum Gasteiger partial charge on any atom is -0.395 e. The zero-order valence-electron chi connectivity index (χ0n) is 11.4. The molecule has 0 spiro atoms. The minimum atomic E-state index is -0.191. The standard InChI is InChI=1S/C14H19NO3S/c1-10(2)15(6-8-17)14(18)13-9-11(3)12(19-13)5-4-7-16/h9-10,16-17H,6-8H2,1-3H3. The minimum absolute atomic E-state index is 0.0361. The summed E-state index contributed by atoms with van der Waals surface area (Å²) in [6.07, 6.45) is 0. The SMILES string of the molecule is Cc1cc(C(=O)N(CCO)C(C)C)sc1C#CCO. The van der Waals surface area contributed by atoms with Crippen molar-refractivity contribution < 1.29 is 15.0 Å². The van der Waals surface area contributed by atoms with Gasteiger partial charge in [0.2, 0.25) is 0 Å². The summed E-state index contributed by atoms with van der Waals surface area (Å²) >= 11 is 1.32. The molecule has 0 atom stereocenters. The number of rotatable bonds is 4. The average Bonchev–Trinajstić information content (AvgIpc) is 2.73. The molecule has 4 nitrogen and oxygen atoms in total. The average molecular weight is 281 g/mol. The van der Waals surface area contributed by atoms with E-state index in [0.717, 1.165) is 10.4 Å². The number of aliphatic hydroxyl groups excluding tert-OH is 2. The van der Waals surface area contributed by atoms with Gasteiger partial charge in [0.1, 0.15) is 6.61 Å². The summed E-state index contributed by atoms with van der Waals surface area (Å²) in [5.74, 6) is 5.33. The predicted octanol–water partition coefficient (Wildman–Crippen LogP) is 1.24. The van der Waals surface area contributed by atoms with Crippen LogP contribution in [0.5, 0.6) is 0 Å². The van der Waals surface area contributed by atoms with Gasteiger partial charge in [-0.25, -0.2) is 0 Å². The fourth-order valence-electron chi connectivity index (χ4n) is 1.67. The van der Waals surface area contributed by atoms with E-state index in [4.69, 9.17) is 10.2 Å². The number of carbonyl (C=O) groups excluding carboxylic acids is 1. The van der Waals surface area contributed by atoms with Crippen LogP contribution in [0.4, 0.5) is 0 Å². The van der Waals surface area contributed by atoms with E-state index < -0.39 is 0 Å². The molecule has 104 valence electrons. The Morgan fingerprint density at radius 3 is 2.68 bits per heavy atom. The molecule has 1 aromatic rings. The first-order valence-corrected chi connectivity index (χ1v) is 6.94.